The van der Waals surface area contributed by atoms with E-state index in [1.54, 1.807) is 12.4 Å². The molecule has 1 unspecified atom stereocenters. The summed E-state index contributed by atoms with van der Waals surface area (Å²) in [5.74, 6) is 0.937. The average Bonchev–Trinajstić information content (AvgIpc) is 2.61. The molecular formula is C20H25N3O2. The number of carbonyl (C=O) groups excluding carboxylic acids is 1. The molecule has 132 valence electrons. The first-order valence-corrected chi connectivity index (χ1v) is 8.70. The highest BCUT2D eigenvalue weighted by atomic mass is 16.5. The number of pyridine rings is 1. The fourth-order valence-corrected chi connectivity index (χ4v) is 3.24. The van der Waals surface area contributed by atoms with Crippen molar-refractivity contribution in [1.82, 2.24) is 15.2 Å². The van der Waals surface area contributed by atoms with Crippen LogP contribution in [0.25, 0.3) is 0 Å². The van der Waals surface area contributed by atoms with Crippen molar-refractivity contribution in [1.29, 1.82) is 0 Å². The second-order valence-corrected chi connectivity index (χ2v) is 6.70. The fourth-order valence-electron chi connectivity index (χ4n) is 3.24. The third-order valence-corrected chi connectivity index (χ3v) is 4.47. The maximum atomic E-state index is 12.8. The maximum Gasteiger partial charge on any atom is 0.253 e. The number of piperazine rings is 1. The zero-order valence-electron chi connectivity index (χ0n) is 15.1. The van der Waals surface area contributed by atoms with Gasteiger partial charge in [0.15, 0.2) is 0 Å². The van der Waals surface area contributed by atoms with E-state index in [1.165, 1.54) is 0 Å². The summed E-state index contributed by atoms with van der Waals surface area (Å²) in [6.07, 6.45) is 3.55. The van der Waals surface area contributed by atoms with E-state index in [-0.39, 0.29) is 5.91 Å². The number of carbonyl (C=O) groups is 1. The molecule has 1 aromatic carbocycles. The van der Waals surface area contributed by atoms with Crippen LogP contribution in [0.3, 0.4) is 0 Å². The van der Waals surface area contributed by atoms with Gasteiger partial charge in [-0.05, 0) is 50.1 Å². The third kappa shape index (κ3) is 4.17. The molecule has 3 rings (SSSR count). The van der Waals surface area contributed by atoms with Crippen LogP contribution < -0.4 is 10.1 Å². The predicted octanol–water partition coefficient (Wildman–Crippen LogP) is 2.71. The average molecular weight is 339 g/mol. The van der Waals surface area contributed by atoms with Gasteiger partial charge < -0.3 is 15.0 Å². The smallest absolute Gasteiger partial charge is 0.253 e. The predicted molar refractivity (Wildman–Crippen MR) is 97.9 cm³/mol. The molecule has 1 atom stereocenters. The van der Waals surface area contributed by atoms with Crippen LogP contribution in [0.15, 0.2) is 36.7 Å². The molecule has 5 heteroatoms. The number of nitrogens with one attached hydrogen (secondary N) is 1. The minimum Gasteiger partial charge on any atom is -0.488 e. The number of benzene rings is 1. The molecule has 2 aromatic rings. The molecular weight excluding hydrogens is 314 g/mol. The Morgan fingerprint density at radius 1 is 1.36 bits per heavy atom. The molecule has 1 saturated heterocycles. The standard InChI is InChI=1S/C20H25N3O2/c1-14-9-18(20(24)23-8-7-22-16(3)12-23)10-15(2)19(14)25-13-17-5-4-6-21-11-17/h4-6,9-11,16,22H,7-8,12-13H2,1-3H3. The molecule has 2 heterocycles. The highest BCUT2D eigenvalue weighted by molar-refractivity contribution is 5.95. The number of rotatable bonds is 4. The van der Waals surface area contributed by atoms with E-state index in [0.717, 1.165) is 47.6 Å². The lowest BCUT2D eigenvalue weighted by molar-refractivity contribution is 0.0709. The molecule has 0 radical (unpaired) electrons. The molecule has 1 aromatic heterocycles. The van der Waals surface area contributed by atoms with E-state index in [4.69, 9.17) is 4.74 Å². The molecule has 1 aliphatic rings. The molecule has 0 spiro atoms. The van der Waals surface area contributed by atoms with Gasteiger partial charge in [-0.2, -0.15) is 0 Å². The van der Waals surface area contributed by atoms with Gasteiger partial charge in [0.1, 0.15) is 12.4 Å². The number of hydrogen-bond acceptors (Lipinski definition) is 4. The summed E-state index contributed by atoms with van der Waals surface area (Å²) in [5, 5.41) is 3.36. The number of amides is 1. The van der Waals surface area contributed by atoms with Gasteiger partial charge >= 0.3 is 0 Å². The van der Waals surface area contributed by atoms with Gasteiger partial charge in [0, 0.05) is 49.2 Å². The van der Waals surface area contributed by atoms with Crippen LogP contribution in [0.5, 0.6) is 5.75 Å². The molecule has 1 aliphatic heterocycles. The summed E-state index contributed by atoms with van der Waals surface area (Å²) < 4.78 is 5.98. The second-order valence-electron chi connectivity index (χ2n) is 6.70. The fraction of sp³-hybridized carbons (Fsp3) is 0.400. The van der Waals surface area contributed by atoms with Crippen molar-refractivity contribution in [2.24, 2.45) is 0 Å². The second kappa shape index (κ2) is 7.66. The first-order chi connectivity index (χ1) is 12.0. The van der Waals surface area contributed by atoms with Crippen molar-refractivity contribution in [2.45, 2.75) is 33.4 Å². The van der Waals surface area contributed by atoms with Crippen molar-refractivity contribution >= 4 is 5.91 Å². The van der Waals surface area contributed by atoms with E-state index in [0.29, 0.717) is 12.6 Å². The van der Waals surface area contributed by atoms with Crippen LogP contribution in [0, 0.1) is 13.8 Å². The largest absolute Gasteiger partial charge is 0.488 e. The maximum absolute atomic E-state index is 12.8. The highest BCUT2D eigenvalue weighted by Gasteiger charge is 2.22. The lowest BCUT2D eigenvalue weighted by Crippen LogP contribution is -2.51. The molecule has 1 fully saturated rings. The summed E-state index contributed by atoms with van der Waals surface area (Å²) in [7, 11) is 0. The summed E-state index contributed by atoms with van der Waals surface area (Å²) in [6, 6.07) is 8.08. The van der Waals surface area contributed by atoms with E-state index >= 15 is 0 Å². The molecule has 0 bridgehead atoms. The number of aryl methyl sites for hydroxylation is 2. The van der Waals surface area contributed by atoms with Gasteiger partial charge in [0.05, 0.1) is 0 Å². The molecule has 5 nitrogen and oxygen atoms in total. The van der Waals surface area contributed by atoms with Crippen LogP contribution in [0.4, 0.5) is 0 Å². The van der Waals surface area contributed by atoms with Crippen LogP contribution >= 0.6 is 0 Å². The Balaban J connectivity index is 1.74. The minimum atomic E-state index is 0.0957. The Morgan fingerprint density at radius 3 is 2.76 bits per heavy atom. The van der Waals surface area contributed by atoms with Crippen molar-refractivity contribution in [3.63, 3.8) is 0 Å². The van der Waals surface area contributed by atoms with Crippen LogP contribution in [-0.2, 0) is 6.61 Å². The van der Waals surface area contributed by atoms with E-state index in [9.17, 15) is 4.79 Å². The van der Waals surface area contributed by atoms with Crippen molar-refractivity contribution < 1.29 is 9.53 Å². The third-order valence-electron chi connectivity index (χ3n) is 4.47. The Bertz CT molecular complexity index is 723. The Morgan fingerprint density at radius 2 is 2.12 bits per heavy atom. The highest BCUT2D eigenvalue weighted by Crippen LogP contribution is 2.26. The van der Waals surface area contributed by atoms with Gasteiger partial charge in [0.2, 0.25) is 0 Å². The SMILES string of the molecule is Cc1cc(C(=O)N2CCNC(C)C2)cc(C)c1OCc1cccnc1. The Kier molecular flexibility index (Phi) is 5.34. The minimum absolute atomic E-state index is 0.0957. The molecule has 25 heavy (non-hydrogen) atoms. The number of ether oxygens (including phenoxy) is 1. The molecule has 0 saturated carbocycles. The normalized spacial score (nSPS) is 17.4. The number of aromatic nitrogens is 1. The summed E-state index contributed by atoms with van der Waals surface area (Å²) in [4.78, 5) is 18.8. The van der Waals surface area contributed by atoms with Crippen molar-refractivity contribution in [3.05, 3.63) is 58.9 Å². The lowest BCUT2D eigenvalue weighted by Gasteiger charge is -2.32. The first-order valence-electron chi connectivity index (χ1n) is 8.70. The summed E-state index contributed by atoms with van der Waals surface area (Å²) >= 11 is 0. The molecule has 1 amide bonds. The first kappa shape index (κ1) is 17.4. The zero-order valence-corrected chi connectivity index (χ0v) is 15.1. The van der Waals surface area contributed by atoms with Crippen molar-refractivity contribution in [3.8, 4) is 5.75 Å². The van der Waals surface area contributed by atoms with Gasteiger partial charge in [-0.3, -0.25) is 9.78 Å². The molecule has 1 N–H and O–H groups in total. The van der Waals surface area contributed by atoms with E-state index in [2.05, 4.69) is 17.2 Å². The monoisotopic (exact) mass is 339 g/mol. The van der Waals surface area contributed by atoms with Gasteiger partial charge in [0.25, 0.3) is 5.91 Å². The van der Waals surface area contributed by atoms with Gasteiger partial charge in [-0.25, -0.2) is 0 Å². The van der Waals surface area contributed by atoms with Crippen molar-refractivity contribution in [2.75, 3.05) is 19.6 Å². The zero-order chi connectivity index (χ0) is 17.8. The van der Waals surface area contributed by atoms with Crippen LogP contribution in [-0.4, -0.2) is 41.5 Å². The summed E-state index contributed by atoms with van der Waals surface area (Å²) in [5.41, 5.74) is 3.72. The Hall–Kier alpha value is -2.40. The molecule has 0 aliphatic carbocycles. The van der Waals surface area contributed by atoms with E-state index in [1.807, 2.05) is 43.0 Å². The van der Waals surface area contributed by atoms with Crippen LogP contribution in [0.1, 0.15) is 34.0 Å². The van der Waals surface area contributed by atoms with Gasteiger partial charge in [-0.1, -0.05) is 6.07 Å². The number of nitrogens with zero attached hydrogens (tertiary/aromatic N) is 2. The van der Waals surface area contributed by atoms with Crippen LogP contribution in [0.2, 0.25) is 0 Å². The number of hydrogen-bond donors (Lipinski definition) is 1. The summed E-state index contributed by atoms with van der Waals surface area (Å²) in [6.45, 7) is 8.89. The van der Waals surface area contributed by atoms with Gasteiger partial charge in [-0.15, -0.1) is 0 Å². The van der Waals surface area contributed by atoms with E-state index < -0.39 is 0 Å². The topological polar surface area (TPSA) is 54.5 Å². The lowest BCUT2D eigenvalue weighted by atomic mass is 10.0. The quantitative estimate of drug-likeness (QED) is 0.930. The Labute approximate surface area is 149 Å².